The van der Waals surface area contributed by atoms with E-state index in [9.17, 15) is 18.0 Å². The molecule has 0 bridgehead atoms. The average molecular weight is 322 g/mol. The van der Waals surface area contributed by atoms with Crippen LogP contribution in [-0.4, -0.2) is 28.6 Å². The number of halogens is 3. The van der Waals surface area contributed by atoms with Crippen LogP contribution >= 0.6 is 12.0 Å². The molecule has 0 saturated heterocycles. The van der Waals surface area contributed by atoms with E-state index in [2.05, 4.69) is 4.74 Å². The Hall–Kier alpha value is -1.21. The fourth-order valence-corrected chi connectivity index (χ4v) is 1.96. The molecule has 3 nitrogen and oxygen atoms in total. The van der Waals surface area contributed by atoms with Crippen LogP contribution in [0.25, 0.3) is 0 Å². The summed E-state index contributed by atoms with van der Waals surface area (Å²) in [6.07, 6.45) is -7.04. The second-order valence-electron chi connectivity index (χ2n) is 5.56. The molecule has 0 radical (unpaired) electrons. The number of hydrogen-bond acceptors (Lipinski definition) is 4. The van der Waals surface area contributed by atoms with Crippen molar-refractivity contribution >= 4 is 18.0 Å². The topological polar surface area (TPSA) is 46.5 Å². The van der Waals surface area contributed by atoms with Gasteiger partial charge in [-0.3, -0.25) is 0 Å². The Labute approximate surface area is 125 Å². The summed E-state index contributed by atoms with van der Waals surface area (Å²) < 4.78 is 50.8. The largest absolute Gasteiger partial charge is 0.448 e. The lowest BCUT2D eigenvalue weighted by molar-refractivity contribution is -0.196. The number of ether oxygens (including phenoxy) is 1. The summed E-state index contributed by atoms with van der Waals surface area (Å²) in [4.78, 5) is 11.7. The zero-order chi connectivity index (χ0) is 16.3. The Kier molecular flexibility index (Phi) is 5.69. The molecular weight excluding hydrogens is 305 g/mol. The summed E-state index contributed by atoms with van der Waals surface area (Å²) in [6.45, 7) is 5.95. The molecular formula is C14H17F3O3S. The lowest BCUT2D eigenvalue weighted by Crippen LogP contribution is -2.36. The number of esters is 1. The Bertz CT molecular complexity index is 478. The second-order valence-corrected chi connectivity index (χ2v) is 6.15. The number of carbonyl (C=O) groups excluding carboxylic acids is 1. The van der Waals surface area contributed by atoms with Gasteiger partial charge < -0.3 is 9.29 Å². The standard InChI is InChI=1S/C14H17F3O3S/c1-13(2,3)10-6-4-9(5-7-10)12(18)20-11(8-21-19)14(15,16)17/h4-7,11,19H,8H2,1-3H3. The summed E-state index contributed by atoms with van der Waals surface area (Å²) in [6, 6.07) is 6.23. The third-order valence-electron chi connectivity index (χ3n) is 2.83. The SMILES string of the molecule is CC(C)(C)c1ccc(C(=O)OC(CSO)C(F)(F)F)cc1. The fourth-order valence-electron chi connectivity index (χ4n) is 1.57. The van der Waals surface area contributed by atoms with Gasteiger partial charge in [-0.1, -0.05) is 32.9 Å². The normalized spacial score (nSPS) is 13.9. The first-order valence-electron chi connectivity index (χ1n) is 6.20. The molecule has 118 valence electrons. The first kappa shape index (κ1) is 17.8. The molecule has 0 heterocycles. The molecule has 1 unspecified atom stereocenters. The van der Waals surface area contributed by atoms with Crippen LogP contribution in [-0.2, 0) is 10.2 Å². The van der Waals surface area contributed by atoms with Crippen molar-refractivity contribution in [3.8, 4) is 0 Å². The van der Waals surface area contributed by atoms with Crippen LogP contribution in [0, 0.1) is 0 Å². The van der Waals surface area contributed by atoms with Crippen LogP contribution in [0.15, 0.2) is 24.3 Å². The van der Waals surface area contributed by atoms with E-state index in [-0.39, 0.29) is 23.0 Å². The lowest BCUT2D eigenvalue weighted by Gasteiger charge is -2.20. The highest BCUT2D eigenvalue weighted by atomic mass is 32.2. The molecule has 0 spiro atoms. The van der Waals surface area contributed by atoms with Gasteiger partial charge in [-0.2, -0.15) is 13.2 Å². The van der Waals surface area contributed by atoms with E-state index in [1.165, 1.54) is 12.1 Å². The minimum atomic E-state index is -4.71. The van der Waals surface area contributed by atoms with Crippen LogP contribution in [0.2, 0.25) is 0 Å². The molecule has 1 rings (SSSR count). The smallest absolute Gasteiger partial charge is 0.426 e. The summed E-state index contributed by atoms with van der Waals surface area (Å²) in [5, 5.41) is 0. The Morgan fingerprint density at radius 1 is 1.24 bits per heavy atom. The molecule has 1 aromatic carbocycles. The van der Waals surface area contributed by atoms with Gasteiger partial charge >= 0.3 is 12.1 Å². The fraction of sp³-hybridized carbons (Fsp3) is 0.500. The van der Waals surface area contributed by atoms with Crippen molar-refractivity contribution in [1.29, 1.82) is 0 Å². The summed E-state index contributed by atoms with van der Waals surface area (Å²) in [5.41, 5.74) is 0.877. The second kappa shape index (κ2) is 6.70. The van der Waals surface area contributed by atoms with Gasteiger partial charge in [0.2, 0.25) is 6.10 Å². The van der Waals surface area contributed by atoms with Crippen LogP contribution < -0.4 is 0 Å². The highest BCUT2D eigenvalue weighted by Crippen LogP contribution is 2.27. The zero-order valence-corrected chi connectivity index (χ0v) is 12.7. The van der Waals surface area contributed by atoms with Crippen molar-refractivity contribution in [2.45, 2.75) is 38.5 Å². The van der Waals surface area contributed by atoms with Crippen LogP contribution in [0.5, 0.6) is 0 Å². The summed E-state index contributed by atoms with van der Waals surface area (Å²) in [7, 11) is 0. The van der Waals surface area contributed by atoms with E-state index < -0.39 is 24.0 Å². The molecule has 21 heavy (non-hydrogen) atoms. The molecule has 1 atom stereocenters. The van der Waals surface area contributed by atoms with E-state index in [0.717, 1.165) is 5.56 Å². The first-order chi connectivity index (χ1) is 9.55. The van der Waals surface area contributed by atoms with Crippen LogP contribution in [0.4, 0.5) is 13.2 Å². The van der Waals surface area contributed by atoms with Gasteiger partial charge in [-0.25, -0.2) is 4.79 Å². The van der Waals surface area contributed by atoms with Crippen molar-refractivity contribution in [1.82, 2.24) is 0 Å². The van der Waals surface area contributed by atoms with Gasteiger partial charge in [-0.15, -0.1) is 0 Å². The van der Waals surface area contributed by atoms with E-state index in [4.69, 9.17) is 4.55 Å². The third-order valence-corrected chi connectivity index (χ3v) is 3.28. The molecule has 0 saturated carbocycles. The quantitative estimate of drug-likeness (QED) is 0.664. The maximum Gasteiger partial charge on any atom is 0.426 e. The molecule has 0 aliphatic rings. The predicted molar refractivity (Wildman–Crippen MR) is 75.5 cm³/mol. The minimum absolute atomic E-state index is 0.0176. The van der Waals surface area contributed by atoms with Gasteiger partial charge in [0.1, 0.15) is 0 Å². The van der Waals surface area contributed by atoms with Crippen molar-refractivity contribution in [2.75, 3.05) is 5.75 Å². The van der Waals surface area contributed by atoms with Crippen LogP contribution in [0.1, 0.15) is 36.7 Å². The molecule has 0 aliphatic carbocycles. The number of benzene rings is 1. The number of rotatable bonds is 4. The molecule has 7 heteroatoms. The van der Waals surface area contributed by atoms with Crippen molar-refractivity contribution in [2.24, 2.45) is 0 Å². The Morgan fingerprint density at radius 2 is 1.76 bits per heavy atom. The third kappa shape index (κ3) is 5.24. The monoisotopic (exact) mass is 322 g/mol. The summed E-state index contributed by atoms with van der Waals surface area (Å²) >= 11 is -0.0176. The van der Waals surface area contributed by atoms with Gasteiger partial charge in [-0.05, 0) is 35.2 Å². The lowest BCUT2D eigenvalue weighted by atomic mass is 9.87. The maximum atomic E-state index is 12.6. The maximum absolute atomic E-state index is 12.6. The van der Waals surface area contributed by atoms with E-state index in [1.807, 2.05) is 20.8 Å². The molecule has 1 N–H and O–H groups in total. The number of alkyl halides is 3. The van der Waals surface area contributed by atoms with E-state index >= 15 is 0 Å². The predicted octanol–water partition coefficient (Wildman–Crippen LogP) is 4.28. The molecule has 0 amide bonds. The van der Waals surface area contributed by atoms with Gasteiger partial charge in [0.25, 0.3) is 0 Å². The number of hydrogen-bond donors (Lipinski definition) is 1. The van der Waals surface area contributed by atoms with Gasteiger partial charge in [0.15, 0.2) is 0 Å². The number of carbonyl (C=O) groups is 1. The molecule has 1 aromatic rings. The molecule has 0 fully saturated rings. The average Bonchev–Trinajstić information content (AvgIpc) is 2.36. The summed E-state index contributed by atoms with van der Waals surface area (Å²) in [5.74, 6) is -1.82. The highest BCUT2D eigenvalue weighted by Gasteiger charge is 2.43. The zero-order valence-electron chi connectivity index (χ0n) is 11.9. The van der Waals surface area contributed by atoms with Gasteiger partial charge in [0.05, 0.1) is 11.3 Å². The Morgan fingerprint density at radius 3 is 2.14 bits per heavy atom. The van der Waals surface area contributed by atoms with E-state index in [1.54, 1.807) is 12.1 Å². The van der Waals surface area contributed by atoms with Crippen molar-refractivity contribution in [3.63, 3.8) is 0 Å². The highest BCUT2D eigenvalue weighted by molar-refractivity contribution is 7.93. The van der Waals surface area contributed by atoms with Crippen molar-refractivity contribution < 1.29 is 27.3 Å². The van der Waals surface area contributed by atoms with Crippen molar-refractivity contribution in [3.05, 3.63) is 35.4 Å². The molecule has 0 aliphatic heterocycles. The first-order valence-corrected chi connectivity index (χ1v) is 7.14. The van der Waals surface area contributed by atoms with Crippen LogP contribution in [0.3, 0.4) is 0 Å². The van der Waals surface area contributed by atoms with E-state index in [0.29, 0.717) is 0 Å². The minimum Gasteiger partial charge on any atom is -0.448 e. The van der Waals surface area contributed by atoms with Gasteiger partial charge in [0, 0.05) is 0 Å². The molecule has 0 aromatic heterocycles. The Balaban J connectivity index is 2.84.